The minimum absolute atomic E-state index is 0.00307. The van der Waals surface area contributed by atoms with Crippen molar-refractivity contribution in [3.63, 3.8) is 0 Å². The molecule has 9 nitrogen and oxygen atoms in total. The molecule has 0 bridgehead atoms. The number of fused-ring (bicyclic) bond motifs is 2. The third-order valence-electron chi connectivity index (χ3n) is 5.31. The van der Waals surface area contributed by atoms with Gasteiger partial charge in [0.25, 0.3) is 5.91 Å². The quantitative estimate of drug-likeness (QED) is 0.725. The number of rotatable bonds is 4. The van der Waals surface area contributed by atoms with E-state index in [0.29, 0.717) is 29.8 Å². The summed E-state index contributed by atoms with van der Waals surface area (Å²) in [5.41, 5.74) is 0.891. The van der Waals surface area contributed by atoms with Crippen LogP contribution in [0.4, 0.5) is 10.5 Å². The fourth-order valence-corrected chi connectivity index (χ4v) is 3.80. The summed E-state index contributed by atoms with van der Waals surface area (Å²) in [6, 6.07) is 4.47. The summed E-state index contributed by atoms with van der Waals surface area (Å²) in [6.07, 6.45) is 0.933. The van der Waals surface area contributed by atoms with Gasteiger partial charge in [-0.3, -0.25) is 9.59 Å². The van der Waals surface area contributed by atoms with Gasteiger partial charge in [0.2, 0.25) is 0 Å². The van der Waals surface area contributed by atoms with Crippen LogP contribution in [0.25, 0.3) is 0 Å². The number of carbonyl (C=O) groups excluding carboxylic acids is 3. The van der Waals surface area contributed by atoms with E-state index in [2.05, 4.69) is 10.6 Å². The van der Waals surface area contributed by atoms with Crippen LogP contribution in [0.1, 0.15) is 43.5 Å². The zero-order chi connectivity index (χ0) is 21.8. The van der Waals surface area contributed by atoms with Gasteiger partial charge >= 0.3 is 12.0 Å². The van der Waals surface area contributed by atoms with E-state index in [0.717, 1.165) is 0 Å². The fraction of sp³-hybridized carbons (Fsp3) is 0.571. The lowest BCUT2D eigenvalue weighted by atomic mass is 9.94. The monoisotopic (exact) mass is 419 g/mol. The number of likely N-dealkylation sites (N-methyl/N-ethyl adjacent to an activating group) is 1. The molecular weight excluding hydrogens is 390 g/mol. The van der Waals surface area contributed by atoms with Gasteiger partial charge in [0, 0.05) is 18.8 Å². The average Bonchev–Trinajstić information content (AvgIpc) is 2.70. The van der Waals surface area contributed by atoms with E-state index in [1.807, 2.05) is 13.8 Å². The Morgan fingerprint density at radius 3 is 2.77 bits per heavy atom. The average molecular weight is 419 g/mol. The van der Waals surface area contributed by atoms with E-state index in [4.69, 9.17) is 14.2 Å². The second kappa shape index (κ2) is 9.34. The number of hydrogen-bond donors (Lipinski definition) is 2. The molecule has 1 saturated heterocycles. The van der Waals surface area contributed by atoms with Crippen molar-refractivity contribution in [3.05, 3.63) is 23.8 Å². The number of carbonyl (C=O) groups is 3. The Kier molecular flexibility index (Phi) is 6.81. The summed E-state index contributed by atoms with van der Waals surface area (Å²) in [5, 5.41) is 5.48. The molecule has 0 aromatic heterocycles. The molecule has 1 aromatic carbocycles. The van der Waals surface area contributed by atoms with E-state index < -0.39 is 0 Å². The molecule has 2 N–H and O–H groups in total. The zero-order valence-electron chi connectivity index (χ0n) is 17.8. The van der Waals surface area contributed by atoms with E-state index in [-0.39, 0.29) is 55.2 Å². The van der Waals surface area contributed by atoms with Crippen LogP contribution in [0, 0.1) is 0 Å². The predicted molar refractivity (Wildman–Crippen MR) is 110 cm³/mol. The summed E-state index contributed by atoms with van der Waals surface area (Å²) >= 11 is 0. The molecule has 1 fully saturated rings. The Morgan fingerprint density at radius 1 is 1.30 bits per heavy atom. The molecule has 0 aliphatic carbocycles. The Balaban J connectivity index is 1.76. The van der Waals surface area contributed by atoms with Crippen LogP contribution in [0.5, 0.6) is 5.75 Å². The van der Waals surface area contributed by atoms with Crippen LogP contribution < -0.4 is 15.4 Å². The van der Waals surface area contributed by atoms with Crippen LogP contribution in [-0.4, -0.2) is 67.9 Å². The van der Waals surface area contributed by atoms with E-state index in [1.165, 1.54) is 7.11 Å². The minimum Gasteiger partial charge on any atom is -0.490 e. The number of nitrogens with one attached hydrogen (secondary N) is 2. The molecule has 9 heteroatoms. The lowest BCUT2D eigenvalue weighted by Gasteiger charge is -2.42. The minimum atomic E-state index is -0.342. The lowest BCUT2D eigenvalue weighted by Crippen LogP contribution is -2.53. The summed E-state index contributed by atoms with van der Waals surface area (Å²) in [6.45, 7) is 3.99. The second-order valence-corrected chi connectivity index (χ2v) is 7.91. The van der Waals surface area contributed by atoms with Gasteiger partial charge in [0.15, 0.2) is 0 Å². The van der Waals surface area contributed by atoms with Crippen molar-refractivity contribution in [3.8, 4) is 5.75 Å². The normalized spacial score (nSPS) is 23.4. The fourth-order valence-electron chi connectivity index (χ4n) is 3.80. The molecule has 3 atom stereocenters. The second-order valence-electron chi connectivity index (χ2n) is 7.91. The molecule has 30 heavy (non-hydrogen) atoms. The van der Waals surface area contributed by atoms with Crippen molar-refractivity contribution in [1.29, 1.82) is 0 Å². The van der Waals surface area contributed by atoms with Crippen molar-refractivity contribution in [2.75, 3.05) is 26.1 Å². The van der Waals surface area contributed by atoms with Gasteiger partial charge in [-0.25, -0.2) is 4.79 Å². The van der Waals surface area contributed by atoms with Gasteiger partial charge in [-0.1, -0.05) is 0 Å². The summed E-state index contributed by atoms with van der Waals surface area (Å²) in [7, 11) is 3.09. The summed E-state index contributed by atoms with van der Waals surface area (Å²) in [5.74, 6) is -0.0945. The van der Waals surface area contributed by atoms with Crippen molar-refractivity contribution >= 4 is 23.6 Å². The molecule has 164 valence electrons. The zero-order valence-corrected chi connectivity index (χ0v) is 17.8. The molecule has 3 amide bonds. The Labute approximate surface area is 176 Å². The lowest BCUT2D eigenvalue weighted by molar-refractivity contribution is -0.151. The largest absolute Gasteiger partial charge is 0.490 e. The van der Waals surface area contributed by atoms with Crippen LogP contribution in [0.15, 0.2) is 18.2 Å². The maximum absolute atomic E-state index is 13.2. The number of methoxy groups -OCH3 is 1. The van der Waals surface area contributed by atoms with Crippen molar-refractivity contribution in [1.82, 2.24) is 10.2 Å². The highest BCUT2D eigenvalue weighted by molar-refractivity contribution is 5.99. The molecule has 2 heterocycles. The van der Waals surface area contributed by atoms with Gasteiger partial charge < -0.3 is 29.7 Å². The first kappa shape index (κ1) is 21.9. The third kappa shape index (κ3) is 5.02. The highest BCUT2D eigenvalue weighted by Gasteiger charge is 2.39. The maximum Gasteiger partial charge on any atom is 0.319 e. The standard InChI is InChI=1S/C21H29N3O6/c1-12(2)22-21(27)23-13-5-8-17-15(9-13)20(26)24(3)16-7-6-14(10-19(25)28-4)30-18(16)11-29-17/h5,8-9,12,14,16,18H,6-7,10-11H2,1-4H3,(H2,22,23,27)/t14-,16-,18-/m1/s1. The Morgan fingerprint density at radius 2 is 2.07 bits per heavy atom. The van der Waals surface area contributed by atoms with Crippen molar-refractivity contribution < 1.29 is 28.6 Å². The first-order chi connectivity index (χ1) is 14.3. The highest BCUT2D eigenvalue weighted by atomic mass is 16.5. The number of urea groups is 1. The smallest absolute Gasteiger partial charge is 0.319 e. The van der Waals surface area contributed by atoms with E-state index in [1.54, 1.807) is 30.1 Å². The van der Waals surface area contributed by atoms with Gasteiger partial charge in [0.1, 0.15) is 18.5 Å². The topological polar surface area (TPSA) is 106 Å². The molecule has 0 saturated carbocycles. The molecule has 2 aliphatic rings. The number of anilines is 1. The number of hydrogen-bond acceptors (Lipinski definition) is 6. The first-order valence-electron chi connectivity index (χ1n) is 10.1. The summed E-state index contributed by atoms with van der Waals surface area (Å²) < 4.78 is 16.7. The maximum atomic E-state index is 13.2. The van der Waals surface area contributed by atoms with Crippen molar-refractivity contribution in [2.45, 2.75) is 57.4 Å². The van der Waals surface area contributed by atoms with Gasteiger partial charge in [-0.2, -0.15) is 0 Å². The van der Waals surface area contributed by atoms with Crippen molar-refractivity contribution in [2.24, 2.45) is 0 Å². The molecule has 2 aliphatic heterocycles. The van der Waals surface area contributed by atoms with Crippen LogP contribution in [0.2, 0.25) is 0 Å². The number of esters is 1. The van der Waals surface area contributed by atoms with Crippen LogP contribution in [0.3, 0.4) is 0 Å². The van der Waals surface area contributed by atoms with E-state index >= 15 is 0 Å². The van der Waals surface area contributed by atoms with Gasteiger partial charge in [0.05, 0.1) is 31.2 Å². The number of benzene rings is 1. The number of nitrogens with zero attached hydrogens (tertiary/aromatic N) is 1. The molecular formula is C21H29N3O6. The third-order valence-corrected chi connectivity index (χ3v) is 5.31. The van der Waals surface area contributed by atoms with Crippen LogP contribution in [-0.2, 0) is 14.3 Å². The first-order valence-corrected chi connectivity index (χ1v) is 10.1. The molecule has 1 aromatic rings. The van der Waals surface area contributed by atoms with Crippen LogP contribution >= 0.6 is 0 Å². The molecule has 3 rings (SSSR count). The van der Waals surface area contributed by atoms with Gasteiger partial charge in [-0.05, 0) is 44.9 Å². The Hall–Kier alpha value is -2.81. The highest BCUT2D eigenvalue weighted by Crippen LogP contribution is 2.32. The van der Waals surface area contributed by atoms with E-state index in [9.17, 15) is 14.4 Å². The Bertz CT molecular complexity index is 812. The molecule has 0 spiro atoms. The molecule has 0 unspecified atom stereocenters. The molecule has 0 radical (unpaired) electrons. The SMILES string of the molecule is COC(=O)C[C@H]1CC[C@@H]2[C@@H](COc3ccc(NC(=O)NC(C)C)cc3C(=O)N2C)O1. The number of ether oxygens (including phenoxy) is 3. The number of amides is 3. The summed E-state index contributed by atoms with van der Waals surface area (Å²) in [4.78, 5) is 38.4. The predicted octanol–water partition coefficient (Wildman–Crippen LogP) is 2.16. The van der Waals surface area contributed by atoms with Gasteiger partial charge in [-0.15, -0.1) is 0 Å².